The van der Waals surface area contributed by atoms with Crippen LogP contribution in [0.3, 0.4) is 0 Å². The van der Waals surface area contributed by atoms with Gasteiger partial charge in [0.15, 0.2) is 5.65 Å². The van der Waals surface area contributed by atoms with Crippen LogP contribution in [-0.4, -0.2) is 19.4 Å². The molecular weight excluding hydrogens is 428 g/mol. The van der Waals surface area contributed by atoms with Gasteiger partial charge in [0, 0.05) is 29.6 Å². The Labute approximate surface area is 200 Å². The summed E-state index contributed by atoms with van der Waals surface area (Å²) in [5.74, 6) is 0. The molecule has 0 saturated heterocycles. The normalized spacial score (nSPS) is 13.5. The maximum atomic E-state index is 5.11. The predicted octanol–water partition coefficient (Wildman–Crippen LogP) is 6.73. The molecule has 162 valence electrons. The van der Waals surface area contributed by atoms with Gasteiger partial charge >= 0.3 is 0 Å². The van der Waals surface area contributed by atoms with E-state index in [-0.39, 0.29) is 0 Å². The van der Waals surface area contributed by atoms with Gasteiger partial charge in [-0.1, -0.05) is 48.5 Å². The van der Waals surface area contributed by atoms with Gasteiger partial charge < -0.3 is 0 Å². The van der Waals surface area contributed by atoms with Crippen LogP contribution >= 0.6 is 0 Å². The Balaban J connectivity index is 1.42. The lowest BCUT2D eigenvalue weighted by Crippen LogP contribution is -1.95. The topological polar surface area (TPSA) is 43.1 Å². The zero-order chi connectivity index (χ0) is 22.7. The quantitative estimate of drug-likeness (QED) is 0.243. The smallest absolute Gasteiger partial charge is 0.165 e. The third kappa shape index (κ3) is 2.11. The molecule has 0 spiro atoms. The van der Waals surface area contributed by atoms with Gasteiger partial charge in [0.05, 0.1) is 22.7 Å². The summed E-state index contributed by atoms with van der Waals surface area (Å²) in [5.41, 5.74) is 16.3. The van der Waals surface area contributed by atoms with Gasteiger partial charge in [-0.2, -0.15) is 0 Å². The third-order valence-corrected chi connectivity index (χ3v) is 7.98. The minimum atomic E-state index is 0.901. The average Bonchev–Trinajstić information content (AvgIpc) is 3.59. The van der Waals surface area contributed by atoms with E-state index in [1.807, 2.05) is 24.7 Å². The summed E-state index contributed by atoms with van der Waals surface area (Å²) in [5, 5.41) is 2.27. The molecule has 9 rings (SSSR count). The highest BCUT2D eigenvalue weighted by Gasteiger charge is 2.30. The maximum Gasteiger partial charge on any atom is 0.165 e. The number of hydrogen-bond acceptors (Lipinski definition) is 3. The summed E-state index contributed by atoms with van der Waals surface area (Å²) in [4.78, 5) is 14.4. The molecule has 4 heteroatoms. The van der Waals surface area contributed by atoms with Crippen LogP contribution in [0.1, 0.15) is 22.3 Å². The molecule has 0 bridgehead atoms. The van der Waals surface area contributed by atoms with Crippen molar-refractivity contribution >= 4 is 38.5 Å². The minimum Gasteiger partial charge on any atom is -0.289 e. The van der Waals surface area contributed by atoms with E-state index >= 15 is 0 Å². The fourth-order valence-corrected chi connectivity index (χ4v) is 6.57. The molecule has 2 aliphatic carbocycles. The van der Waals surface area contributed by atoms with E-state index in [1.165, 1.54) is 50.0 Å². The molecule has 0 unspecified atom stereocenters. The highest BCUT2D eigenvalue weighted by molar-refractivity contribution is 6.12. The summed E-state index contributed by atoms with van der Waals surface area (Å²) in [6, 6.07) is 24.2. The lowest BCUT2D eigenvalue weighted by molar-refractivity contribution is 1.21. The van der Waals surface area contributed by atoms with E-state index in [1.54, 1.807) is 0 Å². The van der Waals surface area contributed by atoms with Gasteiger partial charge in [-0.05, 0) is 69.1 Å². The summed E-state index contributed by atoms with van der Waals surface area (Å²) < 4.78 is 2.30. The van der Waals surface area contributed by atoms with Crippen LogP contribution in [0.4, 0.5) is 0 Å². The van der Waals surface area contributed by atoms with Crippen molar-refractivity contribution in [2.24, 2.45) is 0 Å². The lowest BCUT2D eigenvalue weighted by atomic mass is 9.95. The molecule has 35 heavy (non-hydrogen) atoms. The number of fused-ring (bicyclic) bond motifs is 16. The van der Waals surface area contributed by atoms with E-state index in [9.17, 15) is 0 Å². The Hall–Kier alpha value is -4.57. The zero-order valence-corrected chi connectivity index (χ0v) is 18.8. The van der Waals surface area contributed by atoms with Crippen molar-refractivity contribution in [2.75, 3.05) is 0 Å². The van der Waals surface area contributed by atoms with Gasteiger partial charge in [0.1, 0.15) is 5.52 Å². The zero-order valence-electron chi connectivity index (χ0n) is 18.8. The highest BCUT2D eigenvalue weighted by Crippen LogP contribution is 2.49. The van der Waals surface area contributed by atoms with Crippen molar-refractivity contribution in [3.63, 3.8) is 0 Å². The molecule has 2 aliphatic rings. The summed E-state index contributed by atoms with van der Waals surface area (Å²) in [6.07, 6.45) is 7.60. The predicted molar refractivity (Wildman–Crippen MR) is 140 cm³/mol. The SMILES string of the molecule is c1ccc2c(c1)Cc1c-2ccc2c1-c1ccc3nc4c5ncccc5c5ccncc5n4c3c1C2. The van der Waals surface area contributed by atoms with E-state index in [0.29, 0.717) is 0 Å². The Morgan fingerprint density at radius 1 is 0.686 bits per heavy atom. The molecule has 0 saturated carbocycles. The van der Waals surface area contributed by atoms with Gasteiger partial charge in [0.25, 0.3) is 0 Å². The first kappa shape index (κ1) is 17.8. The molecule has 4 aromatic heterocycles. The first-order chi connectivity index (χ1) is 17.4. The van der Waals surface area contributed by atoms with Crippen LogP contribution in [0.5, 0.6) is 0 Å². The Morgan fingerprint density at radius 2 is 1.60 bits per heavy atom. The summed E-state index contributed by atoms with van der Waals surface area (Å²) >= 11 is 0. The summed E-state index contributed by atoms with van der Waals surface area (Å²) in [7, 11) is 0. The van der Waals surface area contributed by atoms with Crippen molar-refractivity contribution in [1.29, 1.82) is 0 Å². The number of hydrogen-bond donors (Lipinski definition) is 0. The monoisotopic (exact) mass is 446 g/mol. The fourth-order valence-electron chi connectivity index (χ4n) is 6.57. The van der Waals surface area contributed by atoms with Gasteiger partial charge in [-0.25, -0.2) is 4.98 Å². The van der Waals surface area contributed by atoms with Crippen molar-refractivity contribution in [1.82, 2.24) is 19.4 Å². The molecule has 0 radical (unpaired) electrons. The van der Waals surface area contributed by atoms with E-state index in [4.69, 9.17) is 9.97 Å². The number of benzene rings is 3. The van der Waals surface area contributed by atoms with Crippen LogP contribution in [0, 0.1) is 0 Å². The number of pyridine rings is 3. The minimum absolute atomic E-state index is 0.901. The van der Waals surface area contributed by atoms with E-state index in [2.05, 4.69) is 70.0 Å². The van der Waals surface area contributed by atoms with Crippen molar-refractivity contribution < 1.29 is 0 Å². The number of rotatable bonds is 0. The van der Waals surface area contributed by atoms with Gasteiger partial charge in [0.2, 0.25) is 0 Å². The van der Waals surface area contributed by atoms with Crippen LogP contribution in [0.25, 0.3) is 60.7 Å². The van der Waals surface area contributed by atoms with Crippen LogP contribution in [0.2, 0.25) is 0 Å². The maximum absolute atomic E-state index is 5.11. The van der Waals surface area contributed by atoms with Crippen LogP contribution < -0.4 is 0 Å². The van der Waals surface area contributed by atoms with Crippen molar-refractivity contribution in [3.8, 4) is 22.3 Å². The largest absolute Gasteiger partial charge is 0.289 e. The molecular formula is C31H18N4. The van der Waals surface area contributed by atoms with Crippen LogP contribution in [-0.2, 0) is 12.8 Å². The second-order valence-electron chi connectivity index (χ2n) is 9.66. The Bertz CT molecular complexity index is 2070. The Kier molecular flexibility index (Phi) is 3.11. The molecule has 4 nitrogen and oxygen atoms in total. The molecule has 0 atom stereocenters. The van der Waals surface area contributed by atoms with Gasteiger partial charge in [-0.15, -0.1) is 0 Å². The number of nitrogens with zero attached hydrogens (tertiary/aromatic N) is 4. The molecule has 0 fully saturated rings. The molecule has 4 heterocycles. The summed E-state index contributed by atoms with van der Waals surface area (Å²) in [6.45, 7) is 0. The second kappa shape index (κ2) is 6.10. The van der Waals surface area contributed by atoms with E-state index in [0.717, 1.165) is 45.8 Å². The molecule has 3 aromatic carbocycles. The van der Waals surface area contributed by atoms with Crippen molar-refractivity contribution in [2.45, 2.75) is 12.8 Å². The van der Waals surface area contributed by atoms with Crippen LogP contribution in [0.15, 0.2) is 85.3 Å². The second-order valence-corrected chi connectivity index (χ2v) is 9.66. The fraction of sp³-hybridized carbons (Fsp3) is 0.0645. The number of imidazole rings is 1. The molecule has 7 aromatic rings. The first-order valence-electron chi connectivity index (χ1n) is 12.0. The number of aromatic nitrogens is 4. The molecule has 0 N–H and O–H groups in total. The van der Waals surface area contributed by atoms with Gasteiger partial charge in [-0.3, -0.25) is 14.4 Å². The van der Waals surface area contributed by atoms with Crippen molar-refractivity contribution in [3.05, 3.63) is 108 Å². The standard InChI is InChI=1S/C31H18N4/c1-2-5-19-17(4-1)14-24-20(19)8-7-18-15-25-22(28(18)24)9-10-26-30(25)35-27-16-32-13-11-21(27)23-6-3-12-33-29(23)31(35)34-26/h1-13,16H,14-15H2. The van der Waals surface area contributed by atoms with E-state index < -0.39 is 0 Å². The Morgan fingerprint density at radius 3 is 2.60 bits per heavy atom. The third-order valence-electron chi connectivity index (χ3n) is 7.98. The molecule has 0 amide bonds. The lowest BCUT2D eigenvalue weighted by Gasteiger charge is -2.10. The molecule has 0 aliphatic heterocycles. The highest BCUT2D eigenvalue weighted by atomic mass is 15.0. The first-order valence-corrected chi connectivity index (χ1v) is 12.0. The average molecular weight is 447 g/mol.